The number of methoxy groups -OCH3 is 1. The maximum Gasteiger partial charge on any atom is 0.311 e. The zero-order chi connectivity index (χ0) is 28.0. The van der Waals surface area contributed by atoms with Crippen LogP contribution in [0.2, 0.25) is 0 Å². The van der Waals surface area contributed by atoms with Crippen molar-refractivity contribution in [1.29, 1.82) is 0 Å². The molecule has 0 amide bonds. The Hall–Kier alpha value is -5.65. The number of hydrogen-bond acceptors (Lipinski definition) is 9. The third-order valence-corrected chi connectivity index (χ3v) is 6.72. The fourth-order valence-electron chi connectivity index (χ4n) is 4.81. The summed E-state index contributed by atoms with van der Waals surface area (Å²) in [4.78, 5) is 38.4. The third-order valence-electron chi connectivity index (χ3n) is 6.72. The Kier molecular flexibility index (Phi) is 5.91. The van der Waals surface area contributed by atoms with E-state index in [1.54, 1.807) is 33.5 Å². The third kappa shape index (κ3) is 3.89. The van der Waals surface area contributed by atoms with Gasteiger partial charge in [-0.15, -0.1) is 0 Å². The summed E-state index contributed by atoms with van der Waals surface area (Å²) in [7, 11) is 1.36. The summed E-state index contributed by atoms with van der Waals surface area (Å²) in [6.45, 7) is 1.85. The van der Waals surface area contributed by atoms with E-state index in [4.69, 9.17) is 20.6 Å². The number of nitro groups is 1. The molecule has 2 N–H and O–H groups in total. The number of nitrogen functional groups attached to an aromatic ring is 1. The van der Waals surface area contributed by atoms with Crippen molar-refractivity contribution in [2.24, 2.45) is 0 Å². The van der Waals surface area contributed by atoms with Crippen LogP contribution in [0, 0.1) is 10.1 Å². The van der Waals surface area contributed by atoms with E-state index in [9.17, 15) is 14.9 Å². The Bertz CT molecular complexity index is 1980. The van der Waals surface area contributed by atoms with E-state index in [0.717, 1.165) is 0 Å². The highest BCUT2D eigenvalue weighted by atomic mass is 16.6. The van der Waals surface area contributed by atoms with Crippen LogP contribution in [0.4, 0.5) is 11.5 Å². The van der Waals surface area contributed by atoms with E-state index < -0.39 is 11.0 Å². The number of anilines is 1. The van der Waals surface area contributed by atoms with E-state index in [-0.39, 0.29) is 22.8 Å². The average molecular weight is 535 g/mol. The fraction of sp³-hybridized carbons (Fsp3) is 0.107. The Morgan fingerprint density at radius 2 is 1.77 bits per heavy atom. The van der Waals surface area contributed by atoms with Crippen LogP contribution in [0.25, 0.3) is 38.9 Å². The highest BCUT2D eigenvalue weighted by Crippen LogP contribution is 2.37. The quantitative estimate of drug-likeness (QED) is 0.243. The molecule has 0 saturated heterocycles. The predicted octanol–water partition coefficient (Wildman–Crippen LogP) is 4.30. The summed E-state index contributed by atoms with van der Waals surface area (Å²) < 4.78 is 8.32. The molecule has 0 aliphatic carbocycles. The second-order valence-electron chi connectivity index (χ2n) is 9.03. The molecule has 0 aliphatic rings. The summed E-state index contributed by atoms with van der Waals surface area (Å²) in [5.41, 5.74) is 8.18. The fourth-order valence-corrected chi connectivity index (χ4v) is 4.81. The van der Waals surface area contributed by atoms with Gasteiger partial charge in [0.05, 0.1) is 34.0 Å². The number of nitrogens with zero attached hydrogens (tertiary/aromatic N) is 7. The molecule has 3 aromatic heterocycles. The van der Waals surface area contributed by atoms with Crippen molar-refractivity contribution in [3.8, 4) is 22.7 Å². The topological polar surface area (TPSA) is 157 Å². The molecule has 0 spiro atoms. The zero-order valence-corrected chi connectivity index (χ0v) is 21.4. The molecule has 12 nitrogen and oxygen atoms in total. The molecule has 1 unspecified atom stereocenters. The normalized spacial score (nSPS) is 12.1. The highest BCUT2D eigenvalue weighted by Gasteiger charge is 2.26. The molecule has 1 atom stereocenters. The molecule has 6 rings (SSSR count). The van der Waals surface area contributed by atoms with Crippen LogP contribution in [-0.4, -0.2) is 41.3 Å². The number of nitrogens with two attached hydrogens (primary N) is 1. The van der Waals surface area contributed by atoms with Crippen molar-refractivity contribution in [2.75, 3.05) is 12.8 Å². The van der Waals surface area contributed by atoms with Gasteiger partial charge in [0.15, 0.2) is 11.4 Å². The molecular weight excluding hydrogens is 512 g/mol. The number of aromatic nitrogens is 6. The van der Waals surface area contributed by atoms with Crippen LogP contribution in [0.15, 0.2) is 83.9 Å². The maximum atomic E-state index is 13.8. The SMILES string of the molecule is COc1ccc(-c2nn(C(C)c3nc4ccccc4c(=O)n3-c3ccccc3)c3ncnc(N)c23)cc1[N+](=O)[O-]. The summed E-state index contributed by atoms with van der Waals surface area (Å²) in [6, 6.07) is 20.3. The molecule has 0 bridgehead atoms. The largest absolute Gasteiger partial charge is 0.490 e. The average Bonchev–Trinajstić information content (AvgIpc) is 3.38. The van der Waals surface area contributed by atoms with Crippen LogP contribution in [-0.2, 0) is 0 Å². The predicted molar refractivity (Wildman–Crippen MR) is 150 cm³/mol. The van der Waals surface area contributed by atoms with Crippen LogP contribution >= 0.6 is 0 Å². The van der Waals surface area contributed by atoms with Gasteiger partial charge in [-0.25, -0.2) is 19.6 Å². The van der Waals surface area contributed by atoms with Crippen molar-refractivity contribution in [3.05, 3.63) is 105 Å². The van der Waals surface area contributed by atoms with Gasteiger partial charge in [0.1, 0.15) is 29.7 Å². The number of benzene rings is 3. The second-order valence-corrected chi connectivity index (χ2v) is 9.03. The van der Waals surface area contributed by atoms with Gasteiger partial charge in [-0.3, -0.25) is 19.5 Å². The van der Waals surface area contributed by atoms with E-state index in [1.807, 2.05) is 43.3 Å². The van der Waals surface area contributed by atoms with Gasteiger partial charge in [-0.2, -0.15) is 5.10 Å². The molecule has 40 heavy (non-hydrogen) atoms. The van der Waals surface area contributed by atoms with Gasteiger partial charge >= 0.3 is 5.69 Å². The Morgan fingerprint density at radius 1 is 1.02 bits per heavy atom. The minimum atomic E-state index is -0.615. The maximum absolute atomic E-state index is 13.8. The Labute approximate surface area is 226 Å². The molecule has 3 heterocycles. The van der Waals surface area contributed by atoms with Crippen molar-refractivity contribution in [1.82, 2.24) is 29.3 Å². The lowest BCUT2D eigenvalue weighted by atomic mass is 10.1. The molecule has 198 valence electrons. The second kappa shape index (κ2) is 9.58. The monoisotopic (exact) mass is 534 g/mol. The van der Waals surface area contributed by atoms with Gasteiger partial charge in [-0.1, -0.05) is 30.3 Å². The van der Waals surface area contributed by atoms with Gasteiger partial charge in [0.2, 0.25) is 0 Å². The minimum absolute atomic E-state index is 0.113. The number of para-hydroxylation sites is 2. The van der Waals surface area contributed by atoms with E-state index in [1.165, 1.54) is 25.6 Å². The first-order valence-corrected chi connectivity index (χ1v) is 12.3. The summed E-state index contributed by atoms with van der Waals surface area (Å²) in [6.07, 6.45) is 1.32. The first-order valence-electron chi connectivity index (χ1n) is 12.3. The lowest BCUT2D eigenvalue weighted by Crippen LogP contribution is -2.27. The summed E-state index contributed by atoms with van der Waals surface area (Å²) in [5.74, 6) is 0.690. The van der Waals surface area contributed by atoms with Gasteiger partial charge in [0.25, 0.3) is 5.56 Å². The Morgan fingerprint density at radius 3 is 2.52 bits per heavy atom. The number of rotatable bonds is 6. The van der Waals surface area contributed by atoms with E-state index in [0.29, 0.717) is 44.7 Å². The summed E-state index contributed by atoms with van der Waals surface area (Å²) >= 11 is 0. The standard InChI is InChI=1S/C28H22N8O4/c1-16(26-32-20-11-7-6-10-19(20)28(37)34(26)18-8-4-3-5-9-18)35-27-23(25(29)30-15-31-27)24(33-35)17-12-13-22(40-2)21(14-17)36(38)39/h3-16H,1-2H3,(H2,29,30,31). The van der Waals surface area contributed by atoms with Crippen molar-refractivity contribution in [3.63, 3.8) is 0 Å². The number of hydrogen-bond donors (Lipinski definition) is 1. The molecule has 6 aromatic rings. The molecule has 0 aliphatic heterocycles. The van der Waals surface area contributed by atoms with Crippen LogP contribution in [0.5, 0.6) is 5.75 Å². The van der Waals surface area contributed by atoms with E-state index >= 15 is 0 Å². The van der Waals surface area contributed by atoms with Gasteiger partial charge < -0.3 is 10.5 Å². The summed E-state index contributed by atoms with van der Waals surface area (Å²) in [5, 5.41) is 17.4. The lowest BCUT2D eigenvalue weighted by Gasteiger charge is -2.19. The number of nitro benzene ring substituents is 1. The van der Waals surface area contributed by atoms with E-state index in [2.05, 4.69) is 9.97 Å². The molecule has 0 saturated carbocycles. The first kappa shape index (κ1) is 24.7. The zero-order valence-electron chi connectivity index (χ0n) is 21.4. The van der Waals surface area contributed by atoms with Gasteiger partial charge in [-0.05, 0) is 43.3 Å². The molecule has 3 aromatic carbocycles. The molecule has 0 fully saturated rings. The van der Waals surface area contributed by atoms with Crippen molar-refractivity contribution < 1.29 is 9.66 Å². The highest BCUT2D eigenvalue weighted by molar-refractivity contribution is 5.98. The smallest absolute Gasteiger partial charge is 0.311 e. The first-order chi connectivity index (χ1) is 19.4. The van der Waals surface area contributed by atoms with Crippen LogP contribution in [0.1, 0.15) is 18.8 Å². The number of ether oxygens (including phenoxy) is 1. The van der Waals surface area contributed by atoms with Gasteiger partial charge in [0, 0.05) is 11.6 Å². The van der Waals surface area contributed by atoms with Crippen LogP contribution < -0.4 is 16.0 Å². The van der Waals surface area contributed by atoms with Crippen molar-refractivity contribution in [2.45, 2.75) is 13.0 Å². The molecule has 12 heteroatoms. The minimum Gasteiger partial charge on any atom is -0.490 e. The van der Waals surface area contributed by atoms with Crippen molar-refractivity contribution >= 4 is 33.4 Å². The molecule has 0 radical (unpaired) electrons. The Balaban J connectivity index is 1.62. The lowest BCUT2D eigenvalue weighted by molar-refractivity contribution is -0.385. The molecular formula is C28H22N8O4. The number of fused-ring (bicyclic) bond motifs is 2. The van der Waals surface area contributed by atoms with Crippen LogP contribution in [0.3, 0.4) is 0 Å².